The molecule has 1 aliphatic rings. The molecule has 0 aromatic carbocycles. The van der Waals surface area contributed by atoms with Crippen LogP contribution in [0.1, 0.15) is 48.6 Å². The Morgan fingerprint density at radius 1 is 1.36 bits per heavy atom. The summed E-state index contributed by atoms with van der Waals surface area (Å²) >= 11 is 1.81. The maximum Gasteiger partial charge on any atom is 0.0930 e. The van der Waals surface area contributed by atoms with Gasteiger partial charge in [0.1, 0.15) is 0 Å². The first kappa shape index (κ1) is 10.2. The van der Waals surface area contributed by atoms with Gasteiger partial charge in [0, 0.05) is 9.75 Å². The van der Waals surface area contributed by atoms with E-state index in [9.17, 15) is 5.11 Å². The summed E-state index contributed by atoms with van der Waals surface area (Å²) in [6, 6.07) is 2.21. The first-order valence-electron chi connectivity index (χ1n) is 5.28. The van der Waals surface area contributed by atoms with Crippen molar-refractivity contribution in [3.8, 4) is 0 Å². The Kier molecular flexibility index (Phi) is 2.44. The van der Waals surface area contributed by atoms with E-state index in [1.165, 1.54) is 29.7 Å². The van der Waals surface area contributed by atoms with Gasteiger partial charge in [-0.25, -0.2) is 0 Å². The summed E-state index contributed by atoms with van der Waals surface area (Å²) < 4.78 is 0. The highest BCUT2D eigenvalue weighted by Crippen LogP contribution is 2.40. The van der Waals surface area contributed by atoms with E-state index in [2.05, 4.69) is 26.8 Å². The maximum absolute atomic E-state index is 10.1. The molecule has 1 aromatic rings. The lowest BCUT2D eigenvalue weighted by Gasteiger charge is -2.24. The molecule has 1 atom stereocenters. The average Bonchev–Trinajstić information content (AvgIpc) is 2.58. The molecule has 0 saturated carbocycles. The third-order valence-corrected chi connectivity index (χ3v) is 4.14. The van der Waals surface area contributed by atoms with Crippen LogP contribution in [0.4, 0.5) is 0 Å². The minimum atomic E-state index is -0.307. The zero-order chi connectivity index (χ0) is 10.3. The molecule has 1 unspecified atom stereocenters. The molecule has 0 fully saturated rings. The van der Waals surface area contributed by atoms with Gasteiger partial charge in [-0.05, 0) is 36.3 Å². The first-order chi connectivity index (χ1) is 6.48. The number of thiophene rings is 1. The normalized spacial score (nSPS) is 18.3. The Hall–Kier alpha value is -0.340. The molecule has 1 aromatic heterocycles. The Labute approximate surface area is 89.8 Å². The SMILES string of the molecule is CC(C)(C)C(O)c1cc2c(s1)CCC2. The molecule has 0 spiro atoms. The van der Waals surface area contributed by atoms with Crippen molar-refractivity contribution in [2.45, 2.75) is 46.1 Å². The molecule has 78 valence electrons. The highest BCUT2D eigenvalue weighted by molar-refractivity contribution is 7.12. The second-order valence-electron chi connectivity index (χ2n) is 5.22. The summed E-state index contributed by atoms with van der Waals surface area (Å²) in [5.74, 6) is 0. The van der Waals surface area contributed by atoms with E-state index in [1.807, 2.05) is 0 Å². The molecule has 0 radical (unpaired) electrons. The monoisotopic (exact) mass is 210 g/mol. The lowest BCUT2D eigenvalue weighted by atomic mass is 9.88. The molecule has 1 heterocycles. The second kappa shape index (κ2) is 3.35. The highest BCUT2D eigenvalue weighted by atomic mass is 32.1. The third-order valence-electron chi connectivity index (χ3n) is 2.86. The van der Waals surface area contributed by atoms with E-state index < -0.39 is 0 Å². The zero-order valence-corrected chi connectivity index (χ0v) is 9.95. The van der Waals surface area contributed by atoms with Crippen LogP contribution in [0.3, 0.4) is 0 Å². The van der Waals surface area contributed by atoms with Crippen molar-refractivity contribution in [3.05, 3.63) is 21.4 Å². The van der Waals surface area contributed by atoms with Gasteiger partial charge in [-0.3, -0.25) is 0 Å². The van der Waals surface area contributed by atoms with Crippen LogP contribution in [-0.2, 0) is 12.8 Å². The third kappa shape index (κ3) is 1.73. The minimum Gasteiger partial charge on any atom is -0.387 e. The molecule has 0 saturated heterocycles. The topological polar surface area (TPSA) is 20.2 Å². The number of hydrogen-bond acceptors (Lipinski definition) is 2. The summed E-state index contributed by atoms with van der Waals surface area (Å²) in [5, 5.41) is 10.1. The van der Waals surface area contributed by atoms with Crippen LogP contribution >= 0.6 is 11.3 Å². The average molecular weight is 210 g/mol. The Morgan fingerprint density at radius 2 is 2.07 bits per heavy atom. The molecular formula is C12H18OS. The fourth-order valence-electron chi connectivity index (χ4n) is 1.91. The van der Waals surface area contributed by atoms with E-state index in [-0.39, 0.29) is 11.5 Å². The van der Waals surface area contributed by atoms with Gasteiger partial charge >= 0.3 is 0 Å². The van der Waals surface area contributed by atoms with Crippen molar-refractivity contribution in [2.24, 2.45) is 5.41 Å². The van der Waals surface area contributed by atoms with E-state index in [0.717, 1.165) is 4.88 Å². The lowest BCUT2D eigenvalue weighted by molar-refractivity contribution is 0.0658. The Bertz CT molecular complexity index is 311. The predicted molar refractivity (Wildman–Crippen MR) is 60.8 cm³/mol. The van der Waals surface area contributed by atoms with Gasteiger partial charge in [0.2, 0.25) is 0 Å². The standard InChI is InChI=1S/C12H18OS/c1-12(2,3)11(13)10-7-8-5-4-6-9(8)14-10/h7,11,13H,4-6H2,1-3H3. The number of aryl methyl sites for hydroxylation is 2. The van der Waals surface area contributed by atoms with Gasteiger partial charge in [-0.1, -0.05) is 20.8 Å². The van der Waals surface area contributed by atoms with E-state index in [0.29, 0.717) is 0 Å². The quantitative estimate of drug-likeness (QED) is 0.754. The van der Waals surface area contributed by atoms with E-state index >= 15 is 0 Å². The summed E-state index contributed by atoms with van der Waals surface area (Å²) in [6.07, 6.45) is 3.42. The number of fused-ring (bicyclic) bond motifs is 1. The van der Waals surface area contributed by atoms with Crippen LogP contribution in [-0.4, -0.2) is 5.11 Å². The molecule has 0 amide bonds. The van der Waals surface area contributed by atoms with Crippen LogP contribution in [0.25, 0.3) is 0 Å². The van der Waals surface area contributed by atoms with Gasteiger partial charge in [-0.2, -0.15) is 0 Å². The van der Waals surface area contributed by atoms with Crippen LogP contribution in [0.5, 0.6) is 0 Å². The largest absolute Gasteiger partial charge is 0.387 e. The highest BCUT2D eigenvalue weighted by Gasteiger charge is 2.27. The van der Waals surface area contributed by atoms with Gasteiger partial charge in [0.25, 0.3) is 0 Å². The van der Waals surface area contributed by atoms with Crippen LogP contribution in [0, 0.1) is 5.41 Å². The Balaban J connectivity index is 2.25. The van der Waals surface area contributed by atoms with Crippen LogP contribution in [0.15, 0.2) is 6.07 Å². The number of aliphatic hydroxyl groups excluding tert-OH is 1. The van der Waals surface area contributed by atoms with E-state index in [1.54, 1.807) is 11.3 Å². The fraction of sp³-hybridized carbons (Fsp3) is 0.667. The predicted octanol–water partition coefficient (Wildman–Crippen LogP) is 3.32. The molecule has 1 aliphatic carbocycles. The van der Waals surface area contributed by atoms with Crippen molar-refractivity contribution in [3.63, 3.8) is 0 Å². The van der Waals surface area contributed by atoms with Gasteiger partial charge in [0.15, 0.2) is 0 Å². The lowest BCUT2D eigenvalue weighted by Crippen LogP contribution is -2.16. The van der Waals surface area contributed by atoms with Crippen LogP contribution < -0.4 is 0 Å². The van der Waals surface area contributed by atoms with E-state index in [4.69, 9.17) is 0 Å². The molecule has 0 aliphatic heterocycles. The van der Waals surface area contributed by atoms with Crippen molar-refractivity contribution in [2.75, 3.05) is 0 Å². The molecule has 1 N–H and O–H groups in total. The summed E-state index contributed by atoms with van der Waals surface area (Å²) in [4.78, 5) is 2.66. The van der Waals surface area contributed by atoms with Crippen molar-refractivity contribution < 1.29 is 5.11 Å². The zero-order valence-electron chi connectivity index (χ0n) is 9.13. The number of rotatable bonds is 1. The molecular weight excluding hydrogens is 192 g/mol. The van der Waals surface area contributed by atoms with Crippen molar-refractivity contribution in [1.29, 1.82) is 0 Å². The molecule has 0 bridgehead atoms. The van der Waals surface area contributed by atoms with Crippen molar-refractivity contribution >= 4 is 11.3 Å². The minimum absolute atomic E-state index is 0.0431. The molecule has 1 nitrogen and oxygen atoms in total. The molecule has 2 heteroatoms. The Morgan fingerprint density at radius 3 is 2.64 bits per heavy atom. The van der Waals surface area contributed by atoms with Crippen LogP contribution in [0.2, 0.25) is 0 Å². The molecule has 2 rings (SSSR count). The van der Waals surface area contributed by atoms with Gasteiger partial charge in [0.05, 0.1) is 6.10 Å². The molecule has 14 heavy (non-hydrogen) atoms. The second-order valence-corrected chi connectivity index (χ2v) is 6.39. The first-order valence-corrected chi connectivity index (χ1v) is 6.09. The van der Waals surface area contributed by atoms with Crippen molar-refractivity contribution in [1.82, 2.24) is 0 Å². The maximum atomic E-state index is 10.1. The smallest absolute Gasteiger partial charge is 0.0930 e. The summed E-state index contributed by atoms with van der Waals surface area (Å²) in [6.45, 7) is 6.26. The summed E-state index contributed by atoms with van der Waals surface area (Å²) in [5.41, 5.74) is 1.44. The van der Waals surface area contributed by atoms with Gasteiger partial charge < -0.3 is 5.11 Å². The van der Waals surface area contributed by atoms with Gasteiger partial charge in [-0.15, -0.1) is 11.3 Å². The summed E-state index contributed by atoms with van der Waals surface area (Å²) in [7, 11) is 0. The number of aliphatic hydroxyl groups is 1. The fourth-order valence-corrected chi connectivity index (χ4v) is 3.40. The number of hydrogen-bond donors (Lipinski definition) is 1.